The predicted molar refractivity (Wildman–Crippen MR) is 56.3 cm³/mol. The molecule has 1 aromatic heterocycles. The highest BCUT2D eigenvalue weighted by Crippen LogP contribution is 2.19. The highest BCUT2D eigenvalue weighted by molar-refractivity contribution is 9.10. The molecule has 4 nitrogen and oxygen atoms in total. The van der Waals surface area contributed by atoms with Crippen molar-refractivity contribution in [2.24, 2.45) is 0 Å². The molecule has 2 N–H and O–H groups in total. The van der Waals surface area contributed by atoms with Gasteiger partial charge in [-0.2, -0.15) is 0 Å². The minimum Gasteiger partial charge on any atom is -0.383 e. The van der Waals surface area contributed by atoms with Crippen molar-refractivity contribution in [1.82, 2.24) is 14.9 Å². The Hall–Kier alpha value is -0.680. The van der Waals surface area contributed by atoms with E-state index in [9.17, 15) is 0 Å². The van der Waals surface area contributed by atoms with Crippen LogP contribution in [-0.2, 0) is 6.54 Å². The molecule has 0 radical (unpaired) electrons. The monoisotopic (exact) mass is 244 g/mol. The fraction of sp³-hybridized carbons (Fsp3) is 0.500. The maximum atomic E-state index is 5.68. The zero-order valence-corrected chi connectivity index (χ0v) is 9.59. The summed E-state index contributed by atoms with van der Waals surface area (Å²) in [7, 11) is 3.94. The summed E-state index contributed by atoms with van der Waals surface area (Å²) in [5.74, 6) is 1.26. The average molecular weight is 245 g/mol. The Morgan fingerprint density at radius 3 is 2.46 bits per heavy atom. The maximum Gasteiger partial charge on any atom is 0.145 e. The van der Waals surface area contributed by atoms with Crippen molar-refractivity contribution in [2.75, 3.05) is 19.8 Å². The van der Waals surface area contributed by atoms with E-state index in [1.807, 2.05) is 25.9 Å². The van der Waals surface area contributed by atoms with E-state index in [1.165, 1.54) is 0 Å². The molecular formula is C8H13BrN4. The van der Waals surface area contributed by atoms with Gasteiger partial charge < -0.3 is 10.6 Å². The van der Waals surface area contributed by atoms with E-state index in [2.05, 4.69) is 25.9 Å². The van der Waals surface area contributed by atoms with Gasteiger partial charge in [0.25, 0.3) is 0 Å². The molecule has 5 heteroatoms. The summed E-state index contributed by atoms with van der Waals surface area (Å²) < 4.78 is 0.787. The average Bonchev–Trinajstić information content (AvgIpc) is 1.98. The van der Waals surface area contributed by atoms with Crippen LogP contribution in [0.5, 0.6) is 0 Å². The summed E-state index contributed by atoms with van der Waals surface area (Å²) in [4.78, 5) is 10.4. The first-order valence-electron chi connectivity index (χ1n) is 3.94. The number of nitrogens with zero attached hydrogens (tertiary/aromatic N) is 3. The van der Waals surface area contributed by atoms with E-state index in [1.54, 1.807) is 0 Å². The lowest BCUT2D eigenvalue weighted by Gasteiger charge is -2.10. The lowest BCUT2D eigenvalue weighted by molar-refractivity contribution is 0.390. The molecule has 1 heterocycles. The van der Waals surface area contributed by atoms with Crippen molar-refractivity contribution in [3.63, 3.8) is 0 Å². The summed E-state index contributed by atoms with van der Waals surface area (Å²) in [6.45, 7) is 2.61. The molecule has 0 saturated heterocycles. The molecule has 0 amide bonds. The smallest absolute Gasteiger partial charge is 0.145 e. The number of hydrogen-bond donors (Lipinski definition) is 1. The second-order valence-electron chi connectivity index (χ2n) is 3.16. The van der Waals surface area contributed by atoms with Gasteiger partial charge in [-0.05, 0) is 36.9 Å². The number of nitrogen functional groups attached to an aromatic ring is 1. The molecule has 13 heavy (non-hydrogen) atoms. The normalized spacial score (nSPS) is 10.8. The van der Waals surface area contributed by atoms with Gasteiger partial charge in [0.05, 0.1) is 16.7 Å². The van der Waals surface area contributed by atoms with E-state index in [0.717, 1.165) is 16.0 Å². The van der Waals surface area contributed by atoms with Crippen LogP contribution < -0.4 is 5.73 Å². The van der Waals surface area contributed by atoms with Crippen molar-refractivity contribution in [3.05, 3.63) is 16.0 Å². The Balaban J connectivity index is 2.99. The van der Waals surface area contributed by atoms with Crippen LogP contribution in [0.4, 0.5) is 5.82 Å². The Kier molecular flexibility index (Phi) is 3.22. The van der Waals surface area contributed by atoms with Crippen LogP contribution in [0.2, 0.25) is 0 Å². The number of rotatable bonds is 2. The van der Waals surface area contributed by atoms with Crippen LogP contribution in [0.15, 0.2) is 4.47 Å². The van der Waals surface area contributed by atoms with Gasteiger partial charge in [0, 0.05) is 0 Å². The lowest BCUT2D eigenvalue weighted by atomic mass is 10.4. The number of nitrogens with two attached hydrogens (primary N) is 1. The molecule has 72 valence electrons. The van der Waals surface area contributed by atoms with Gasteiger partial charge in [-0.15, -0.1) is 0 Å². The van der Waals surface area contributed by atoms with E-state index in [-0.39, 0.29) is 0 Å². The van der Waals surface area contributed by atoms with Crippen molar-refractivity contribution in [3.8, 4) is 0 Å². The molecule has 0 unspecified atom stereocenters. The van der Waals surface area contributed by atoms with Crippen molar-refractivity contribution < 1.29 is 0 Å². The van der Waals surface area contributed by atoms with Crippen LogP contribution >= 0.6 is 15.9 Å². The summed E-state index contributed by atoms with van der Waals surface area (Å²) in [5, 5.41) is 0. The first-order valence-corrected chi connectivity index (χ1v) is 4.73. The SMILES string of the molecule is Cc1nc(CN(C)C)nc(N)c1Br. The third-order valence-corrected chi connectivity index (χ3v) is 2.53. The van der Waals surface area contributed by atoms with Crippen LogP contribution in [-0.4, -0.2) is 29.0 Å². The molecule has 1 aromatic rings. The summed E-state index contributed by atoms with van der Waals surface area (Å²) in [6.07, 6.45) is 0. The second-order valence-corrected chi connectivity index (χ2v) is 3.96. The molecule has 0 spiro atoms. The Labute approximate surface area is 86.3 Å². The molecule has 0 bridgehead atoms. The molecule has 0 atom stereocenters. The van der Waals surface area contributed by atoms with Gasteiger partial charge >= 0.3 is 0 Å². The van der Waals surface area contributed by atoms with Crippen molar-refractivity contribution in [1.29, 1.82) is 0 Å². The van der Waals surface area contributed by atoms with Crippen LogP contribution in [0, 0.1) is 6.92 Å². The molecule has 0 saturated carbocycles. The van der Waals surface area contributed by atoms with Gasteiger partial charge in [-0.3, -0.25) is 0 Å². The molecule has 1 rings (SSSR count). The quantitative estimate of drug-likeness (QED) is 0.850. The summed E-state index contributed by atoms with van der Waals surface area (Å²) in [5.41, 5.74) is 6.56. The van der Waals surface area contributed by atoms with Crippen molar-refractivity contribution in [2.45, 2.75) is 13.5 Å². The Morgan fingerprint density at radius 2 is 2.00 bits per heavy atom. The van der Waals surface area contributed by atoms with Crippen molar-refractivity contribution >= 4 is 21.7 Å². The maximum absolute atomic E-state index is 5.68. The molecule has 0 aliphatic heterocycles. The van der Waals surface area contributed by atoms with Gasteiger partial charge in [-0.25, -0.2) is 9.97 Å². The van der Waals surface area contributed by atoms with Crippen LogP contribution in [0.3, 0.4) is 0 Å². The number of halogens is 1. The number of aryl methyl sites for hydroxylation is 1. The van der Waals surface area contributed by atoms with E-state index >= 15 is 0 Å². The molecule has 0 aliphatic carbocycles. The second kappa shape index (κ2) is 4.02. The van der Waals surface area contributed by atoms with E-state index in [4.69, 9.17) is 5.73 Å². The van der Waals surface area contributed by atoms with Crippen LogP contribution in [0.25, 0.3) is 0 Å². The minimum atomic E-state index is 0.504. The summed E-state index contributed by atoms with van der Waals surface area (Å²) >= 11 is 3.32. The van der Waals surface area contributed by atoms with Crippen LogP contribution in [0.1, 0.15) is 11.5 Å². The highest BCUT2D eigenvalue weighted by Gasteiger charge is 2.06. The number of aromatic nitrogens is 2. The number of anilines is 1. The topological polar surface area (TPSA) is 55.0 Å². The van der Waals surface area contributed by atoms with Gasteiger partial charge in [-0.1, -0.05) is 0 Å². The van der Waals surface area contributed by atoms with Gasteiger partial charge in [0.1, 0.15) is 11.6 Å². The molecule has 0 aromatic carbocycles. The lowest BCUT2D eigenvalue weighted by Crippen LogP contribution is -2.14. The fourth-order valence-corrected chi connectivity index (χ4v) is 1.17. The molecule has 0 aliphatic rings. The minimum absolute atomic E-state index is 0.504. The first-order chi connectivity index (χ1) is 6.00. The van der Waals surface area contributed by atoms with E-state index in [0.29, 0.717) is 12.4 Å². The highest BCUT2D eigenvalue weighted by atomic mass is 79.9. The zero-order valence-electron chi connectivity index (χ0n) is 8.00. The molecule has 0 fully saturated rings. The summed E-state index contributed by atoms with van der Waals surface area (Å²) in [6, 6.07) is 0. The predicted octanol–water partition coefficient (Wildman–Crippen LogP) is 1.19. The number of hydrogen-bond acceptors (Lipinski definition) is 4. The van der Waals surface area contributed by atoms with Gasteiger partial charge in [0.2, 0.25) is 0 Å². The van der Waals surface area contributed by atoms with E-state index < -0.39 is 0 Å². The molecular weight excluding hydrogens is 232 g/mol. The third-order valence-electron chi connectivity index (χ3n) is 1.55. The zero-order chi connectivity index (χ0) is 10.0. The Bertz CT molecular complexity index is 288. The largest absolute Gasteiger partial charge is 0.383 e. The standard InChI is InChI=1S/C8H13BrN4/c1-5-7(9)8(10)12-6(11-5)4-13(2)3/h4H2,1-3H3,(H2,10,11,12). The van der Waals surface area contributed by atoms with Gasteiger partial charge in [0.15, 0.2) is 0 Å². The third kappa shape index (κ3) is 2.63. The first kappa shape index (κ1) is 10.4. The fourth-order valence-electron chi connectivity index (χ4n) is 0.995. The Morgan fingerprint density at radius 1 is 1.38 bits per heavy atom.